The second kappa shape index (κ2) is 12.3. The van der Waals surface area contributed by atoms with Crippen molar-refractivity contribution in [3.05, 3.63) is 59.4 Å². The van der Waals surface area contributed by atoms with Gasteiger partial charge in [-0.1, -0.05) is 18.2 Å². The molecule has 2 aliphatic heterocycles. The molecule has 1 atom stereocenters. The van der Waals surface area contributed by atoms with Gasteiger partial charge in [0.2, 0.25) is 17.8 Å². The number of aromatic nitrogens is 3. The fraction of sp³-hybridized carbons (Fsp3) is 0.433. The highest BCUT2D eigenvalue weighted by Crippen LogP contribution is 2.37. The first-order valence-corrected chi connectivity index (χ1v) is 14.4. The summed E-state index contributed by atoms with van der Waals surface area (Å²) in [5.74, 6) is 0.565. The quantitative estimate of drug-likeness (QED) is 0.422. The molecule has 4 heterocycles. The molecule has 2 saturated heterocycles. The molecule has 1 aromatic carbocycles. The lowest BCUT2D eigenvalue weighted by molar-refractivity contribution is -0.130. The third-order valence-corrected chi connectivity index (χ3v) is 8.07. The summed E-state index contributed by atoms with van der Waals surface area (Å²) in [7, 11) is 0. The molecule has 41 heavy (non-hydrogen) atoms. The van der Waals surface area contributed by atoms with E-state index in [1.807, 2.05) is 22.5 Å². The van der Waals surface area contributed by atoms with E-state index < -0.39 is 0 Å². The molecule has 0 radical (unpaired) electrons. The van der Waals surface area contributed by atoms with Crippen molar-refractivity contribution in [3.8, 4) is 5.75 Å². The van der Waals surface area contributed by atoms with Crippen LogP contribution in [0.5, 0.6) is 5.75 Å². The number of halogens is 1. The molecule has 3 aromatic rings. The second-order valence-electron chi connectivity index (χ2n) is 10.7. The van der Waals surface area contributed by atoms with Gasteiger partial charge in [0.25, 0.3) is 5.91 Å². The molecule has 1 unspecified atom stereocenters. The molecule has 10 nitrogen and oxygen atoms in total. The van der Waals surface area contributed by atoms with Crippen LogP contribution in [0.3, 0.4) is 0 Å². The predicted molar refractivity (Wildman–Crippen MR) is 157 cm³/mol. The number of hydrogen-bond acceptors (Lipinski definition) is 6. The van der Waals surface area contributed by atoms with E-state index in [0.717, 1.165) is 37.8 Å². The molecule has 3 amide bonds. The molecule has 0 saturated carbocycles. The van der Waals surface area contributed by atoms with Crippen LogP contribution in [-0.4, -0.2) is 74.3 Å². The first-order chi connectivity index (χ1) is 19.7. The number of likely N-dealkylation sites (tertiary alicyclic amines) is 2. The van der Waals surface area contributed by atoms with E-state index in [-0.39, 0.29) is 29.9 Å². The molecular formula is C30H35ClN6O4. The maximum Gasteiger partial charge on any atom is 0.258 e. The van der Waals surface area contributed by atoms with Crippen molar-refractivity contribution >= 4 is 46.3 Å². The fourth-order valence-electron chi connectivity index (χ4n) is 5.67. The van der Waals surface area contributed by atoms with Crippen LogP contribution in [0.1, 0.15) is 61.1 Å². The van der Waals surface area contributed by atoms with Crippen molar-refractivity contribution in [2.24, 2.45) is 0 Å². The van der Waals surface area contributed by atoms with E-state index in [2.05, 4.69) is 16.9 Å². The van der Waals surface area contributed by atoms with Crippen LogP contribution in [0.2, 0.25) is 5.02 Å². The minimum absolute atomic E-state index is 0.0457. The van der Waals surface area contributed by atoms with Crippen LogP contribution in [0.4, 0.5) is 5.95 Å². The van der Waals surface area contributed by atoms with E-state index in [1.165, 1.54) is 6.08 Å². The predicted octanol–water partition coefficient (Wildman–Crippen LogP) is 4.77. The third-order valence-electron chi connectivity index (χ3n) is 7.78. The number of nitrogens with one attached hydrogen (secondary N) is 1. The first-order valence-electron chi connectivity index (χ1n) is 14.0. The molecule has 0 bridgehead atoms. The number of ether oxygens (including phenoxy) is 1. The lowest BCUT2D eigenvalue weighted by atomic mass is 10.1. The van der Waals surface area contributed by atoms with Gasteiger partial charge < -0.3 is 19.1 Å². The van der Waals surface area contributed by atoms with Gasteiger partial charge in [0, 0.05) is 75.5 Å². The van der Waals surface area contributed by atoms with Crippen molar-refractivity contribution < 1.29 is 19.1 Å². The summed E-state index contributed by atoms with van der Waals surface area (Å²) in [4.78, 5) is 50.2. The number of pyridine rings is 1. The Morgan fingerprint density at radius 3 is 2.59 bits per heavy atom. The normalized spacial score (nSPS) is 18.2. The molecule has 0 aliphatic carbocycles. The average molecular weight is 579 g/mol. The summed E-state index contributed by atoms with van der Waals surface area (Å²) in [5.41, 5.74) is 2.45. The van der Waals surface area contributed by atoms with E-state index in [4.69, 9.17) is 21.3 Å². The number of hydrogen-bond donors (Lipinski definition) is 1. The highest BCUT2D eigenvalue weighted by atomic mass is 35.5. The standard InChI is InChI=1S/C30H35ClN6O4/c1-4-27(39)36-12-6-5-7-22(18-36)37-28-25(31)16-24(41-23-9-13-35(14-10-23)20(3)38)17-26(28)33-30(37)34-29(40)21-8-11-32-19(2)15-21/h4,8,11,15-17,22-23H,1,5-7,9-10,12-14,18H2,2-3H3,(H,33,34,40). The Morgan fingerprint density at radius 2 is 1.88 bits per heavy atom. The number of amides is 3. The molecule has 2 fully saturated rings. The van der Waals surface area contributed by atoms with Gasteiger partial charge in [-0.05, 0) is 44.4 Å². The van der Waals surface area contributed by atoms with E-state index in [1.54, 1.807) is 36.2 Å². The number of imidazole rings is 1. The number of carbonyl (C=O) groups excluding carboxylic acids is 3. The smallest absolute Gasteiger partial charge is 0.258 e. The summed E-state index contributed by atoms with van der Waals surface area (Å²) in [6.07, 6.45) is 6.90. The monoisotopic (exact) mass is 578 g/mol. The van der Waals surface area contributed by atoms with Gasteiger partial charge in [0.15, 0.2) is 0 Å². The number of fused-ring (bicyclic) bond motifs is 1. The van der Waals surface area contributed by atoms with Crippen molar-refractivity contribution in [1.82, 2.24) is 24.3 Å². The molecule has 216 valence electrons. The van der Waals surface area contributed by atoms with Gasteiger partial charge in [-0.15, -0.1) is 0 Å². The maximum atomic E-state index is 13.3. The van der Waals surface area contributed by atoms with Crippen molar-refractivity contribution in [2.45, 2.75) is 58.1 Å². The number of rotatable bonds is 6. The largest absolute Gasteiger partial charge is 0.490 e. The molecule has 0 spiro atoms. The van der Waals surface area contributed by atoms with E-state index >= 15 is 0 Å². The van der Waals surface area contributed by atoms with Crippen molar-refractivity contribution in [1.29, 1.82) is 0 Å². The van der Waals surface area contributed by atoms with Crippen LogP contribution >= 0.6 is 11.6 Å². The summed E-state index contributed by atoms with van der Waals surface area (Å²) >= 11 is 6.91. The van der Waals surface area contributed by atoms with Crippen LogP contribution in [0.25, 0.3) is 11.0 Å². The lowest BCUT2D eigenvalue weighted by Gasteiger charge is -2.31. The Morgan fingerprint density at radius 1 is 1.10 bits per heavy atom. The van der Waals surface area contributed by atoms with Gasteiger partial charge in [-0.25, -0.2) is 4.98 Å². The van der Waals surface area contributed by atoms with Gasteiger partial charge in [-0.3, -0.25) is 24.7 Å². The molecule has 2 aliphatic rings. The Balaban J connectivity index is 1.50. The van der Waals surface area contributed by atoms with Crippen LogP contribution in [0.15, 0.2) is 43.1 Å². The Hall–Kier alpha value is -3.92. The Labute approximate surface area is 244 Å². The SMILES string of the molecule is C=CC(=O)N1CCCCC(n2c(NC(=O)c3ccnc(C)c3)nc3cc(OC4CCN(C(C)=O)CC4)cc(Cl)c32)C1. The molecule has 1 N–H and O–H groups in total. The van der Waals surface area contributed by atoms with Crippen LogP contribution in [0, 0.1) is 6.92 Å². The number of aryl methyl sites for hydroxylation is 1. The van der Waals surface area contributed by atoms with E-state index in [0.29, 0.717) is 59.5 Å². The highest BCUT2D eigenvalue weighted by molar-refractivity contribution is 6.35. The number of nitrogens with zero attached hydrogens (tertiary/aromatic N) is 5. The van der Waals surface area contributed by atoms with Crippen molar-refractivity contribution in [2.75, 3.05) is 31.5 Å². The number of benzene rings is 1. The molecular weight excluding hydrogens is 544 g/mol. The number of piperidine rings is 1. The zero-order chi connectivity index (χ0) is 29.1. The topological polar surface area (TPSA) is 110 Å². The Bertz CT molecular complexity index is 1480. The zero-order valence-electron chi connectivity index (χ0n) is 23.4. The summed E-state index contributed by atoms with van der Waals surface area (Å²) in [6, 6.07) is 6.82. The van der Waals surface area contributed by atoms with Gasteiger partial charge in [0.1, 0.15) is 11.9 Å². The minimum atomic E-state index is -0.315. The van der Waals surface area contributed by atoms with Gasteiger partial charge in [0.05, 0.1) is 22.1 Å². The van der Waals surface area contributed by atoms with Gasteiger partial charge >= 0.3 is 0 Å². The maximum absolute atomic E-state index is 13.3. The number of anilines is 1. The molecule has 11 heteroatoms. The zero-order valence-corrected chi connectivity index (χ0v) is 24.2. The number of carbonyl (C=O) groups is 3. The van der Waals surface area contributed by atoms with E-state index in [9.17, 15) is 14.4 Å². The second-order valence-corrected chi connectivity index (χ2v) is 11.1. The summed E-state index contributed by atoms with van der Waals surface area (Å²) in [6.45, 7) is 9.45. The minimum Gasteiger partial charge on any atom is -0.490 e. The molecule has 2 aromatic heterocycles. The van der Waals surface area contributed by atoms with Crippen LogP contribution in [-0.2, 0) is 9.59 Å². The third kappa shape index (κ3) is 6.37. The highest BCUT2D eigenvalue weighted by Gasteiger charge is 2.29. The first kappa shape index (κ1) is 28.6. The lowest BCUT2D eigenvalue weighted by Crippen LogP contribution is -2.40. The van der Waals surface area contributed by atoms with Gasteiger partial charge in [-0.2, -0.15) is 0 Å². The summed E-state index contributed by atoms with van der Waals surface area (Å²) < 4.78 is 8.24. The average Bonchev–Trinajstić information content (AvgIpc) is 3.13. The van der Waals surface area contributed by atoms with Crippen LogP contribution < -0.4 is 10.1 Å². The Kier molecular flexibility index (Phi) is 8.58. The molecule has 5 rings (SSSR count). The van der Waals surface area contributed by atoms with Crippen molar-refractivity contribution in [3.63, 3.8) is 0 Å². The fourth-order valence-corrected chi connectivity index (χ4v) is 5.97. The summed E-state index contributed by atoms with van der Waals surface area (Å²) in [5, 5.41) is 3.43.